The first kappa shape index (κ1) is 26.7. The Kier molecular flexibility index (Phi) is 8.96. The topological polar surface area (TPSA) is 78.8 Å². The molecule has 0 bridgehead atoms. The molecule has 10 heteroatoms. The molecule has 4 rings (SSSR count). The number of amidine groups is 1. The van der Waals surface area contributed by atoms with Gasteiger partial charge < -0.3 is 5.11 Å². The molecule has 0 saturated carbocycles. The molecule has 1 aliphatic heterocycles. The molecule has 35 heavy (non-hydrogen) atoms. The van der Waals surface area contributed by atoms with Crippen molar-refractivity contribution in [1.82, 2.24) is 0 Å². The molecular formula is C25H18F3N2NaO3S. The van der Waals surface area contributed by atoms with Crippen LogP contribution >= 0.6 is 11.8 Å². The molecule has 0 aromatic heterocycles. The van der Waals surface area contributed by atoms with Gasteiger partial charge in [-0.25, -0.2) is 0 Å². The molecule has 0 aliphatic carbocycles. The van der Waals surface area contributed by atoms with Crippen molar-refractivity contribution >= 4 is 71.3 Å². The van der Waals surface area contributed by atoms with E-state index in [1.807, 2.05) is 48.5 Å². The Morgan fingerprint density at radius 3 is 2.00 bits per heavy atom. The van der Waals surface area contributed by atoms with Crippen molar-refractivity contribution in [3.05, 3.63) is 88.8 Å². The number of carboxylic acid groups (broad SMARTS) is 1. The number of amides is 1. The summed E-state index contributed by atoms with van der Waals surface area (Å²) in [6.45, 7) is 1.08. The van der Waals surface area contributed by atoms with E-state index >= 15 is 0 Å². The van der Waals surface area contributed by atoms with Gasteiger partial charge in [-0.2, -0.15) is 13.2 Å². The summed E-state index contributed by atoms with van der Waals surface area (Å²) < 4.78 is 39.4. The second-order valence-electron chi connectivity index (χ2n) is 7.54. The third kappa shape index (κ3) is 8.10. The molecular weight excluding hydrogens is 488 g/mol. The number of aliphatic imine (C=N–C) groups is 1. The molecule has 174 valence electrons. The van der Waals surface area contributed by atoms with Crippen molar-refractivity contribution < 1.29 is 27.9 Å². The summed E-state index contributed by atoms with van der Waals surface area (Å²) in [6.07, 6.45) is -2.60. The van der Waals surface area contributed by atoms with Gasteiger partial charge in [0.25, 0.3) is 5.97 Å². The Balaban J connectivity index is 0.000000795. The van der Waals surface area contributed by atoms with Gasteiger partial charge in [0.05, 0.1) is 5.56 Å². The van der Waals surface area contributed by atoms with Crippen LogP contribution in [0, 0.1) is 0 Å². The van der Waals surface area contributed by atoms with Crippen LogP contribution in [-0.2, 0) is 15.8 Å². The molecule has 0 radical (unpaired) electrons. The van der Waals surface area contributed by atoms with Crippen molar-refractivity contribution in [3.8, 4) is 11.1 Å². The molecule has 0 unspecified atom stereocenters. The van der Waals surface area contributed by atoms with Gasteiger partial charge in [0, 0.05) is 6.92 Å². The summed E-state index contributed by atoms with van der Waals surface area (Å²) in [7, 11) is 0. The first-order valence-corrected chi connectivity index (χ1v) is 12.2. The Bertz CT molecular complexity index is 1270. The van der Waals surface area contributed by atoms with Crippen molar-refractivity contribution in [2.24, 2.45) is 4.99 Å². The zero-order valence-electron chi connectivity index (χ0n) is 18.8. The van der Waals surface area contributed by atoms with Gasteiger partial charge in [-0.3, -0.25) is 4.79 Å². The van der Waals surface area contributed by atoms with Crippen molar-refractivity contribution in [2.75, 3.05) is 5.32 Å². The number of thioether (sulfide) groups is 1. The quantitative estimate of drug-likeness (QED) is 0.371. The van der Waals surface area contributed by atoms with Crippen LogP contribution < -0.4 is 8.13 Å². The van der Waals surface area contributed by atoms with Crippen LogP contribution in [0.5, 0.6) is 0 Å². The van der Waals surface area contributed by atoms with Crippen molar-refractivity contribution in [1.29, 1.82) is 0 Å². The zero-order valence-corrected chi connectivity index (χ0v) is 21.6. The SMILES string of the molecule is CC(=O)O.O=C1N=C(Nc2cc[c]([Na])cc2)S/C1=C/c1ccc(-c2ccc(C(F)(F)F)cc2)cc1. The minimum absolute atomic E-state index is 0.307. The molecule has 3 aromatic carbocycles. The first-order chi connectivity index (χ1) is 16.5. The number of alkyl halides is 3. The molecule has 1 heterocycles. The van der Waals surface area contributed by atoms with Crippen molar-refractivity contribution in [3.63, 3.8) is 0 Å². The van der Waals surface area contributed by atoms with E-state index < -0.39 is 17.7 Å². The number of carboxylic acids is 1. The van der Waals surface area contributed by atoms with Crippen LogP contribution in [-0.4, -0.2) is 50.1 Å². The third-order valence-corrected chi connectivity index (χ3v) is 6.24. The number of anilines is 1. The van der Waals surface area contributed by atoms with E-state index in [1.54, 1.807) is 6.08 Å². The average Bonchev–Trinajstić information content (AvgIpc) is 3.13. The summed E-state index contributed by atoms with van der Waals surface area (Å²) in [5, 5.41) is 11.1. The van der Waals surface area contributed by atoms with Gasteiger partial charge >= 0.3 is 146 Å². The van der Waals surface area contributed by atoms with E-state index in [9.17, 15) is 18.0 Å². The van der Waals surface area contributed by atoms with Gasteiger partial charge in [0.2, 0.25) is 0 Å². The fourth-order valence-electron chi connectivity index (χ4n) is 3.00. The monoisotopic (exact) mass is 506 g/mol. The van der Waals surface area contributed by atoms with Crippen LogP contribution in [0.25, 0.3) is 17.2 Å². The minimum atomic E-state index is -4.35. The van der Waals surface area contributed by atoms with E-state index in [4.69, 9.17) is 9.90 Å². The zero-order chi connectivity index (χ0) is 25.6. The molecule has 1 amide bonds. The number of hydrogen-bond acceptors (Lipinski definition) is 4. The van der Waals surface area contributed by atoms with Gasteiger partial charge in [-0.15, -0.1) is 0 Å². The third-order valence-electron chi connectivity index (χ3n) is 4.68. The number of nitrogens with zero attached hydrogens (tertiary/aromatic N) is 1. The van der Waals surface area contributed by atoms with E-state index in [1.165, 1.54) is 26.7 Å². The molecule has 0 fully saturated rings. The predicted molar refractivity (Wildman–Crippen MR) is 134 cm³/mol. The molecule has 0 saturated heterocycles. The average molecular weight is 506 g/mol. The van der Waals surface area contributed by atoms with Crippen LogP contribution in [0.1, 0.15) is 18.1 Å². The molecule has 2 N–H and O–H groups in total. The van der Waals surface area contributed by atoms with E-state index in [0.717, 1.165) is 63.8 Å². The predicted octanol–water partition coefficient (Wildman–Crippen LogP) is 5.34. The Hall–Kier alpha value is -2.85. The van der Waals surface area contributed by atoms with E-state index in [2.05, 4.69) is 10.3 Å². The molecule has 5 nitrogen and oxygen atoms in total. The Labute approximate surface area is 221 Å². The maximum atomic E-state index is 12.7. The van der Waals surface area contributed by atoms with Gasteiger partial charge in [-0.1, -0.05) is 12.1 Å². The summed E-state index contributed by atoms with van der Waals surface area (Å²) >= 11 is 2.25. The Morgan fingerprint density at radius 2 is 1.49 bits per heavy atom. The Morgan fingerprint density at radius 1 is 0.971 bits per heavy atom. The second kappa shape index (κ2) is 11.7. The number of halogens is 3. The van der Waals surface area contributed by atoms with Crippen LogP contribution in [0.4, 0.5) is 18.9 Å². The number of nitrogens with one attached hydrogen (secondary N) is 1. The molecule has 1 aliphatic rings. The summed E-state index contributed by atoms with van der Waals surface area (Å²) in [5.41, 5.74) is 2.49. The number of benzene rings is 3. The van der Waals surface area contributed by atoms with E-state index in [-0.39, 0.29) is 5.91 Å². The van der Waals surface area contributed by atoms with E-state index in [0.29, 0.717) is 15.6 Å². The van der Waals surface area contributed by atoms with Crippen LogP contribution in [0.2, 0.25) is 0 Å². The molecule has 0 spiro atoms. The first-order valence-electron chi connectivity index (χ1n) is 10.3. The maximum absolute atomic E-state index is 12.7. The summed E-state index contributed by atoms with van der Waals surface area (Å²) in [4.78, 5) is 25.8. The second-order valence-corrected chi connectivity index (χ2v) is 9.73. The normalized spacial score (nSPS) is 14.3. The van der Waals surface area contributed by atoms with Gasteiger partial charge in [-0.05, 0) is 23.3 Å². The van der Waals surface area contributed by atoms with Crippen molar-refractivity contribution in [2.45, 2.75) is 13.1 Å². The fraction of sp³-hybridized carbons (Fsp3) is 0.0800. The number of hydrogen-bond donors (Lipinski definition) is 2. The number of carbonyl (C=O) groups is 2. The standard InChI is InChI=1S/C23H14F3N2OS.C2H4O2.Na/c24-23(25,26)18-12-10-17(11-13-18)16-8-6-15(7-9-16)14-20-21(29)28-22(30-20)27-19-4-2-1-3-5-19;1-2(3)4;/h2-14H,(H,27,28,29);1H3,(H,3,4);/b20-14+;;. The molecule has 0 atom stereocenters. The number of aliphatic carboxylic acids is 1. The number of rotatable bonds is 3. The van der Waals surface area contributed by atoms with Crippen LogP contribution in [0.3, 0.4) is 0 Å². The number of carbonyl (C=O) groups excluding carboxylic acids is 1. The molecule has 3 aromatic rings. The van der Waals surface area contributed by atoms with Gasteiger partial charge in [0.15, 0.2) is 0 Å². The fourth-order valence-corrected chi connectivity index (χ4v) is 4.16. The van der Waals surface area contributed by atoms with Crippen LogP contribution in [0.15, 0.2) is 82.7 Å². The summed E-state index contributed by atoms with van der Waals surface area (Å²) in [6, 6.07) is 20.3. The van der Waals surface area contributed by atoms with Gasteiger partial charge in [0.1, 0.15) is 0 Å². The summed E-state index contributed by atoms with van der Waals surface area (Å²) in [5.74, 6) is -1.14.